The van der Waals surface area contributed by atoms with Gasteiger partial charge in [0.2, 0.25) is 10.0 Å². The predicted octanol–water partition coefficient (Wildman–Crippen LogP) is 2.41. The molecule has 0 aromatic heterocycles. The van der Waals surface area contributed by atoms with Gasteiger partial charge in [-0.3, -0.25) is 4.79 Å². The van der Waals surface area contributed by atoms with Gasteiger partial charge in [0.05, 0.1) is 16.7 Å². The number of phenolic OH excluding ortho intramolecular Hbond substituents is 1. The van der Waals surface area contributed by atoms with Gasteiger partial charge < -0.3 is 15.2 Å². The summed E-state index contributed by atoms with van der Waals surface area (Å²) in [6.07, 6.45) is 1.69. The maximum atomic E-state index is 12.3. The van der Waals surface area contributed by atoms with Gasteiger partial charge in [0.15, 0.2) is 0 Å². The highest BCUT2D eigenvalue weighted by atomic mass is 32.2. The SMILES string of the molecule is Cc1ccc(NC(=O)c2ccc(S(=O)(=O)NCC3CCCO3)cc2)c(O)c1. The van der Waals surface area contributed by atoms with Crippen LogP contribution in [-0.2, 0) is 14.8 Å². The molecule has 1 atom stereocenters. The monoisotopic (exact) mass is 390 g/mol. The van der Waals surface area contributed by atoms with Crippen LogP contribution in [0.4, 0.5) is 5.69 Å². The van der Waals surface area contributed by atoms with Gasteiger partial charge in [-0.15, -0.1) is 0 Å². The Hall–Kier alpha value is -2.42. The summed E-state index contributed by atoms with van der Waals surface area (Å²) in [6, 6.07) is 10.5. The Morgan fingerprint density at radius 2 is 1.96 bits per heavy atom. The third kappa shape index (κ3) is 4.85. The van der Waals surface area contributed by atoms with E-state index in [2.05, 4.69) is 10.0 Å². The highest BCUT2D eigenvalue weighted by Gasteiger charge is 2.20. The van der Waals surface area contributed by atoms with Crippen LogP contribution in [0.2, 0.25) is 0 Å². The van der Waals surface area contributed by atoms with E-state index in [4.69, 9.17) is 4.74 Å². The summed E-state index contributed by atoms with van der Waals surface area (Å²) in [5.74, 6) is -0.466. The number of carbonyl (C=O) groups excluding carboxylic acids is 1. The Balaban J connectivity index is 1.65. The minimum Gasteiger partial charge on any atom is -0.506 e. The molecule has 8 heteroatoms. The smallest absolute Gasteiger partial charge is 0.255 e. The molecule has 1 fully saturated rings. The molecule has 27 heavy (non-hydrogen) atoms. The summed E-state index contributed by atoms with van der Waals surface area (Å²) in [5, 5.41) is 12.5. The fraction of sp³-hybridized carbons (Fsp3) is 0.316. The molecule has 1 unspecified atom stereocenters. The molecule has 7 nitrogen and oxygen atoms in total. The molecule has 1 heterocycles. The number of benzene rings is 2. The van der Waals surface area contributed by atoms with E-state index in [1.165, 1.54) is 24.3 Å². The first-order valence-corrected chi connectivity index (χ1v) is 10.2. The predicted molar refractivity (Wildman–Crippen MR) is 101 cm³/mol. The number of nitrogens with one attached hydrogen (secondary N) is 2. The first-order chi connectivity index (χ1) is 12.8. The Bertz CT molecular complexity index is 920. The van der Waals surface area contributed by atoms with Crippen LogP contribution in [0.3, 0.4) is 0 Å². The van der Waals surface area contributed by atoms with Crippen LogP contribution in [0.15, 0.2) is 47.4 Å². The van der Waals surface area contributed by atoms with Crippen LogP contribution in [0.5, 0.6) is 5.75 Å². The van der Waals surface area contributed by atoms with Gasteiger partial charge in [-0.25, -0.2) is 13.1 Å². The third-order valence-corrected chi connectivity index (χ3v) is 5.79. The molecule has 0 radical (unpaired) electrons. The van der Waals surface area contributed by atoms with Crippen LogP contribution in [0.25, 0.3) is 0 Å². The topological polar surface area (TPSA) is 105 Å². The van der Waals surface area contributed by atoms with Crippen molar-refractivity contribution in [2.75, 3.05) is 18.5 Å². The van der Waals surface area contributed by atoms with Gasteiger partial charge >= 0.3 is 0 Å². The normalized spacial score (nSPS) is 17.0. The molecule has 0 saturated carbocycles. The van der Waals surface area contributed by atoms with E-state index >= 15 is 0 Å². The molecule has 0 bridgehead atoms. The van der Waals surface area contributed by atoms with Crippen molar-refractivity contribution in [2.24, 2.45) is 0 Å². The summed E-state index contributed by atoms with van der Waals surface area (Å²) in [4.78, 5) is 12.4. The van der Waals surface area contributed by atoms with Gasteiger partial charge in [0.1, 0.15) is 5.75 Å². The number of ether oxygens (including phenoxy) is 1. The maximum absolute atomic E-state index is 12.3. The lowest BCUT2D eigenvalue weighted by Crippen LogP contribution is -2.31. The second-order valence-corrected chi connectivity index (χ2v) is 8.25. The van der Waals surface area contributed by atoms with E-state index in [-0.39, 0.29) is 28.9 Å². The largest absolute Gasteiger partial charge is 0.506 e. The molecule has 1 saturated heterocycles. The Morgan fingerprint density at radius 3 is 2.59 bits per heavy atom. The molecule has 2 aromatic rings. The number of hydrogen-bond acceptors (Lipinski definition) is 5. The molecule has 3 rings (SSSR count). The standard InChI is InChI=1S/C19H22N2O5S/c1-13-4-9-17(18(22)11-13)21-19(23)14-5-7-16(8-6-14)27(24,25)20-12-15-3-2-10-26-15/h4-9,11,15,20,22H,2-3,10,12H2,1H3,(H,21,23). The summed E-state index contributed by atoms with van der Waals surface area (Å²) >= 11 is 0. The zero-order valence-electron chi connectivity index (χ0n) is 14.9. The molecule has 1 amide bonds. The number of aromatic hydroxyl groups is 1. The summed E-state index contributed by atoms with van der Waals surface area (Å²) in [5.41, 5.74) is 1.45. The quantitative estimate of drug-likeness (QED) is 0.657. The van der Waals surface area contributed by atoms with Crippen LogP contribution >= 0.6 is 0 Å². The van der Waals surface area contributed by atoms with Crippen molar-refractivity contribution in [3.05, 3.63) is 53.6 Å². The zero-order valence-corrected chi connectivity index (χ0v) is 15.8. The number of sulfonamides is 1. The van der Waals surface area contributed by atoms with Crippen molar-refractivity contribution < 1.29 is 23.1 Å². The summed E-state index contributed by atoms with van der Waals surface area (Å²) in [6.45, 7) is 2.72. The molecule has 3 N–H and O–H groups in total. The number of carbonyl (C=O) groups is 1. The van der Waals surface area contributed by atoms with Crippen molar-refractivity contribution in [2.45, 2.75) is 30.8 Å². The molecular weight excluding hydrogens is 368 g/mol. The first-order valence-electron chi connectivity index (χ1n) is 8.67. The highest BCUT2D eigenvalue weighted by molar-refractivity contribution is 7.89. The first kappa shape index (κ1) is 19.3. The molecule has 0 aliphatic carbocycles. The lowest BCUT2D eigenvalue weighted by Gasteiger charge is -2.12. The lowest BCUT2D eigenvalue weighted by atomic mass is 10.2. The minimum absolute atomic E-state index is 0.0270. The van der Waals surface area contributed by atoms with Gasteiger partial charge in [0, 0.05) is 18.7 Å². The minimum atomic E-state index is -3.66. The van der Waals surface area contributed by atoms with Crippen molar-refractivity contribution in [3.8, 4) is 5.75 Å². The van der Waals surface area contributed by atoms with E-state index in [9.17, 15) is 18.3 Å². The van der Waals surface area contributed by atoms with Crippen molar-refractivity contribution >= 4 is 21.6 Å². The highest BCUT2D eigenvalue weighted by Crippen LogP contribution is 2.24. The van der Waals surface area contributed by atoms with Gasteiger partial charge in [-0.1, -0.05) is 6.07 Å². The van der Waals surface area contributed by atoms with Crippen LogP contribution in [0.1, 0.15) is 28.8 Å². The number of amides is 1. The van der Waals surface area contributed by atoms with Gasteiger partial charge in [-0.05, 0) is 61.7 Å². The molecule has 2 aromatic carbocycles. The summed E-state index contributed by atoms with van der Waals surface area (Å²) in [7, 11) is -3.66. The van der Waals surface area contributed by atoms with E-state index in [0.29, 0.717) is 12.3 Å². The lowest BCUT2D eigenvalue weighted by molar-refractivity contribution is 0.102. The van der Waals surface area contributed by atoms with Gasteiger partial charge in [-0.2, -0.15) is 0 Å². The van der Waals surface area contributed by atoms with E-state index in [1.54, 1.807) is 18.2 Å². The van der Waals surface area contributed by atoms with E-state index in [0.717, 1.165) is 18.4 Å². The molecule has 1 aliphatic heterocycles. The molecule has 0 spiro atoms. The Morgan fingerprint density at radius 1 is 1.22 bits per heavy atom. The average Bonchev–Trinajstić information content (AvgIpc) is 3.16. The average molecular weight is 390 g/mol. The van der Waals surface area contributed by atoms with Crippen LogP contribution < -0.4 is 10.0 Å². The second-order valence-electron chi connectivity index (χ2n) is 6.49. The molecule has 1 aliphatic rings. The maximum Gasteiger partial charge on any atom is 0.255 e. The number of anilines is 1. The fourth-order valence-electron chi connectivity index (χ4n) is 2.82. The van der Waals surface area contributed by atoms with Gasteiger partial charge in [0.25, 0.3) is 5.91 Å². The summed E-state index contributed by atoms with van der Waals surface area (Å²) < 4.78 is 32.6. The fourth-order valence-corrected chi connectivity index (χ4v) is 3.88. The van der Waals surface area contributed by atoms with Crippen molar-refractivity contribution in [3.63, 3.8) is 0 Å². The van der Waals surface area contributed by atoms with Crippen LogP contribution in [0, 0.1) is 6.92 Å². The number of aryl methyl sites for hydroxylation is 1. The zero-order chi connectivity index (χ0) is 19.4. The van der Waals surface area contributed by atoms with E-state index in [1.807, 2.05) is 6.92 Å². The Kier molecular flexibility index (Phi) is 5.79. The number of hydrogen-bond donors (Lipinski definition) is 3. The number of phenols is 1. The molecule has 144 valence electrons. The third-order valence-electron chi connectivity index (χ3n) is 4.35. The molecular formula is C19H22N2O5S. The van der Waals surface area contributed by atoms with Crippen LogP contribution in [-0.4, -0.2) is 38.7 Å². The van der Waals surface area contributed by atoms with Crippen molar-refractivity contribution in [1.29, 1.82) is 0 Å². The Labute approximate surface area is 158 Å². The van der Waals surface area contributed by atoms with E-state index < -0.39 is 15.9 Å². The number of rotatable bonds is 6. The second kappa shape index (κ2) is 8.08. The van der Waals surface area contributed by atoms with Crippen molar-refractivity contribution in [1.82, 2.24) is 4.72 Å².